The van der Waals surface area contributed by atoms with Crippen molar-refractivity contribution >= 4 is 17.8 Å². The number of likely N-dealkylation sites (tertiary alicyclic amines) is 1. The molecule has 0 bridgehead atoms. The minimum absolute atomic E-state index is 0.161. The van der Waals surface area contributed by atoms with Crippen LogP contribution in [0.2, 0.25) is 0 Å². The van der Waals surface area contributed by atoms with Crippen molar-refractivity contribution in [2.24, 2.45) is 0 Å². The number of nitrogens with one attached hydrogen (secondary N) is 1. The lowest BCUT2D eigenvalue weighted by Gasteiger charge is -2.15. The minimum Gasteiger partial charge on any atom is -0.467 e. The van der Waals surface area contributed by atoms with E-state index >= 15 is 0 Å². The fourth-order valence-electron chi connectivity index (χ4n) is 2.70. The molecule has 0 spiro atoms. The van der Waals surface area contributed by atoms with Gasteiger partial charge in [0.25, 0.3) is 5.91 Å². The van der Waals surface area contributed by atoms with Crippen molar-refractivity contribution in [3.63, 3.8) is 0 Å². The number of hydrogen-bond acceptors (Lipinski definition) is 5. The minimum atomic E-state index is -0.568. The summed E-state index contributed by atoms with van der Waals surface area (Å²) in [6, 6.07) is 10.3. The summed E-state index contributed by atoms with van der Waals surface area (Å²) in [5.41, 5.74) is 1.31. The third kappa shape index (κ3) is 4.72. The van der Waals surface area contributed by atoms with E-state index in [0.29, 0.717) is 24.3 Å². The summed E-state index contributed by atoms with van der Waals surface area (Å²) in [5, 5.41) is 2.60. The highest BCUT2D eigenvalue weighted by atomic mass is 16.5. The molecule has 1 aromatic heterocycles. The third-order valence-corrected chi connectivity index (χ3v) is 4.11. The first-order valence-corrected chi connectivity index (χ1v) is 8.45. The second-order valence-electron chi connectivity index (χ2n) is 6.05. The van der Waals surface area contributed by atoms with E-state index in [9.17, 15) is 14.4 Å². The maximum Gasteiger partial charge on any atom is 0.338 e. The highest BCUT2D eigenvalue weighted by Crippen LogP contribution is 2.15. The fraction of sp³-hybridized carbons (Fsp3) is 0.316. The van der Waals surface area contributed by atoms with E-state index in [1.165, 1.54) is 6.26 Å². The summed E-state index contributed by atoms with van der Waals surface area (Å²) in [4.78, 5) is 37.1. The van der Waals surface area contributed by atoms with Crippen LogP contribution in [-0.2, 0) is 27.4 Å². The molecule has 0 aliphatic carbocycles. The molecule has 26 heavy (non-hydrogen) atoms. The zero-order chi connectivity index (χ0) is 18.4. The number of benzene rings is 1. The Balaban J connectivity index is 1.44. The number of nitrogens with zero attached hydrogens (tertiary/aromatic N) is 1. The van der Waals surface area contributed by atoms with Gasteiger partial charge in [0, 0.05) is 19.5 Å². The number of carbonyl (C=O) groups is 3. The molecule has 1 aliphatic rings. The van der Waals surface area contributed by atoms with Crippen LogP contribution in [0.1, 0.15) is 34.5 Å². The normalized spacial score (nSPS) is 13.7. The summed E-state index contributed by atoms with van der Waals surface area (Å²) in [6.45, 7) is 1.20. The van der Waals surface area contributed by atoms with E-state index in [-0.39, 0.29) is 19.1 Å². The van der Waals surface area contributed by atoms with Crippen LogP contribution in [0.3, 0.4) is 0 Å². The maximum absolute atomic E-state index is 12.0. The Kier molecular flexibility index (Phi) is 5.68. The smallest absolute Gasteiger partial charge is 0.338 e. The average molecular weight is 356 g/mol. The van der Waals surface area contributed by atoms with Crippen LogP contribution in [0.15, 0.2) is 47.1 Å². The van der Waals surface area contributed by atoms with E-state index in [1.54, 1.807) is 41.3 Å². The number of furan rings is 1. The molecule has 0 saturated carbocycles. The molecule has 1 saturated heterocycles. The molecule has 2 amide bonds. The van der Waals surface area contributed by atoms with Crippen LogP contribution >= 0.6 is 0 Å². The maximum atomic E-state index is 12.0. The van der Waals surface area contributed by atoms with Crippen LogP contribution in [0.25, 0.3) is 0 Å². The highest BCUT2D eigenvalue weighted by Gasteiger charge is 2.20. The molecule has 7 nitrogen and oxygen atoms in total. The Bertz CT molecular complexity index is 768. The van der Waals surface area contributed by atoms with Crippen LogP contribution in [0.4, 0.5) is 0 Å². The summed E-state index contributed by atoms with van der Waals surface area (Å²) in [5.74, 6) is -0.188. The lowest BCUT2D eigenvalue weighted by Crippen LogP contribution is -2.28. The number of amides is 2. The topological polar surface area (TPSA) is 88.9 Å². The van der Waals surface area contributed by atoms with Gasteiger partial charge in [0.05, 0.1) is 18.4 Å². The first kappa shape index (κ1) is 17.7. The monoisotopic (exact) mass is 356 g/mol. The standard InChI is InChI=1S/C19H20N2O5/c22-17(20-11-16-3-2-10-25-16)13-26-19(24)15-7-5-14(6-8-15)12-21-9-1-4-18(21)23/h2-3,5-8,10H,1,4,9,11-13H2,(H,20,22). The molecular weight excluding hydrogens is 336 g/mol. The van der Waals surface area contributed by atoms with Crippen LogP contribution in [0, 0.1) is 0 Å². The zero-order valence-electron chi connectivity index (χ0n) is 14.3. The van der Waals surface area contributed by atoms with Gasteiger partial charge in [-0.15, -0.1) is 0 Å². The summed E-state index contributed by atoms with van der Waals surface area (Å²) in [7, 11) is 0. The van der Waals surface area contributed by atoms with Crippen LogP contribution in [-0.4, -0.2) is 35.8 Å². The van der Waals surface area contributed by atoms with Gasteiger partial charge in [-0.3, -0.25) is 9.59 Å². The Hall–Kier alpha value is -3.09. The van der Waals surface area contributed by atoms with Gasteiger partial charge in [-0.05, 0) is 36.2 Å². The summed E-state index contributed by atoms with van der Waals surface area (Å²) >= 11 is 0. The zero-order valence-corrected chi connectivity index (χ0v) is 14.3. The Morgan fingerprint density at radius 3 is 2.65 bits per heavy atom. The van der Waals surface area contributed by atoms with Gasteiger partial charge >= 0.3 is 5.97 Å². The van der Waals surface area contributed by atoms with E-state index in [1.807, 2.05) is 0 Å². The Labute approximate surface area is 150 Å². The average Bonchev–Trinajstić information content (AvgIpc) is 3.31. The van der Waals surface area contributed by atoms with E-state index in [2.05, 4.69) is 5.32 Å². The van der Waals surface area contributed by atoms with Gasteiger partial charge in [0.15, 0.2) is 6.61 Å². The Morgan fingerprint density at radius 2 is 2.00 bits per heavy atom. The number of hydrogen-bond donors (Lipinski definition) is 1. The van der Waals surface area contributed by atoms with Gasteiger partial charge < -0.3 is 19.4 Å². The van der Waals surface area contributed by atoms with Crippen molar-refractivity contribution in [3.05, 3.63) is 59.5 Å². The molecule has 1 N–H and O–H groups in total. The second-order valence-corrected chi connectivity index (χ2v) is 6.05. The van der Waals surface area contributed by atoms with Crippen molar-refractivity contribution in [1.29, 1.82) is 0 Å². The van der Waals surface area contributed by atoms with Crippen molar-refractivity contribution in [2.45, 2.75) is 25.9 Å². The summed E-state index contributed by atoms with van der Waals surface area (Å²) < 4.78 is 10.1. The number of ether oxygens (including phenoxy) is 1. The molecule has 1 aromatic carbocycles. The van der Waals surface area contributed by atoms with Gasteiger partial charge in [0.2, 0.25) is 5.91 Å². The fourth-order valence-corrected chi connectivity index (χ4v) is 2.70. The van der Waals surface area contributed by atoms with Crippen molar-refractivity contribution < 1.29 is 23.5 Å². The lowest BCUT2D eigenvalue weighted by molar-refractivity contribution is -0.128. The van der Waals surface area contributed by atoms with E-state index < -0.39 is 11.9 Å². The van der Waals surface area contributed by atoms with Crippen molar-refractivity contribution in [1.82, 2.24) is 10.2 Å². The largest absolute Gasteiger partial charge is 0.467 e. The lowest BCUT2D eigenvalue weighted by atomic mass is 10.1. The predicted molar refractivity (Wildman–Crippen MR) is 91.9 cm³/mol. The Morgan fingerprint density at radius 1 is 1.19 bits per heavy atom. The van der Waals surface area contributed by atoms with Crippen molar-refractivity contribution in [2.75, 3.05) is 13.2 Å². The number of carbonyl (C=O) groups excluding carboxylic acids is 3. The molecule has 136 valence electrons. The SMILES string of the molecule is O=C(COC(=O)c1ccc(CN2CCCC2=O)cc1)NCc1ccco1. The van der Waals surface area contributed by atoms with E-state index in [0.717, 1.165) is 18.5 Å². The first-order valence-electron chi connectivity index (χ1n) is 8.45. The van der Waals surface area contributed by atoms with Gasteiger partial charge in [-0.2, -0.15) is 0 Å². The molecular formula is C19H20N2O5. The molecule has 7 heteroatoms. The number of rotatable bonds is 7. The highest BCUT2D eigenvalue weighted by molar-refractivity contribution is 5.91. The van der Waals surface area contributed by atoms with Gasteiger partial charge in [-0.1, -0.05) is 12.1 Å². The molecule has 0 atom stereocenters. The molecule has 2 aromatic rings. The predicted octanol–water partition coefficient (Wildman–Crippen LogP) is 1.88. The second kappa shape index (κ2) is 8.33. The van der Waals surface area contributed by atoms with E-state index in [4.69, 9.17) is 9.15 Å². The summed E-state index contributed by atoms with van der Waals surface area (Å²) in [6.07, 6.45) is 3.02. The van der Waals surface area contributed by atoms with Crippen LogP contribution in [0.5, 0.6) is 0 Å². The van der Waals surface area contributed by atoms with Gasteiger partial charge in [-0.25, -0.2) is 4.79 Å². The number of esters is 1. The molecule has 0 radical (unpaired) electrons. The molecule has 1 aliphatic heterocycles. The molecule has 2 heterocycles. The molecule has 3 rings (SSSR count). The van der Waals surface area contributed by atoms with Gasteiger partial charge in [0.1, 0.15) is 5.76 Å². The first-order chi connectivity index (χ1) is 12.6. The molecule has 0 unspecified atom stereocenters. The quantitative estimate of drug-likeness (QED) is 0.765. The molecule has 1 fully saturated rings. The van der Waals surface area contributed by atoms with Crippen LogP contribution < -0.4 is 5.32 Å². The van der Waals surface area contributed by atoms with Crippen molar-refractivity contribution in [3.8, 4) is 0 Å². The third-order valence-electron chi connectivity index (χ3n) is 4.11.